The van der Waals surface area contributed by atoms with Crippen LogP contribution in [0.3, 0.4) is 0 Å². The Morgan fingerprint density at radius 3 is 2.54 bits per heavy atom. The zero-order chi connectivity index (χ0) is 28.8. The molecule has 1 amide bonds. The van der Waals surface area contributed by atoms with Gasteiger partial charge in [-0.05, 0) is 47.5 Å². The molecule has 6 rings (SSSR count). The number of hydrogen-bond acceptors (Lipinski definition) is 8. The Morgan fingerprint density at radius 2 is 1.78 bits per heavy atom. The molecule has 0 radical (unpaired) electrons. The third-order valence-electron chi connectivity index (χ3n) is 6.33. The monoisotopic (exact) mass is 661 g/mol. The van der Waals surface area contributed by atoms with E-state index >= 15 is 0 Å². The minimum absolute atomic E-state index is 0.0270. The number of aliphatic hydroxyl groups excluding tert-OH is 1. The normalized spacial score (nSPS) is 15.4. The number of rotatable bonds is 7. The highest BCUT2D eigenvalue weighted by Gasteiger charge is 2.47. The van der Waals surface area contributed by atoms with Gasteiger partial charge in [-0.25, -0.2) is 0 Å². The molecule has 7 nitrogen and oxygen atoms in total. The first kappa shape index (κ1) is 28.1. The van der Waals surface area contributed by atoms with Crippen LogP contribution in [0.5, 0.6) is 0 Å². The number of fused-ring (bicyclic) bond motifs is 1. The second-order valence-electron chi connectivity index (χ2n) is 8.87. The highest BCUT2D eigenvalue weighted by molar-refractivity contribution is 8.00. The third kappa shape index (κ3) is 5.34. The summed E-state index contributed by atoms with van der Waals surface area (Å²) in [7, 11) is 0. The molecule has 1 aliphatic heterocycles. The predicted octanol–water partition coefficient (Wildman–Crippen LogP) is 8.97. The number of thioether (sulfide) groups is 1. The average molecular weight is 663 g/mol. The van der Waals surface area contributed by atoms with Crippen LogP contribution in [0, 0.1) is 0 Å². The van der Waals surface area contributed by atoms with Crippen LogP contribution in [0.4, 0.5) is 5.13 Å². The van der Waals surface area contributed by atoms with Crippen molar-refractivity contribution in [3.63, 3.8) is 0 Å². The maximum Gasteiger partial charge on any atom is 0.296 e. The molecule has 0 bridgehead atoms. The molecule has 1 unspecified atom stereocenters. The van der Waals surface area contributed by atoms with E-state index in [1.165, 1.54) is 16.7 Å². The Balaban J connectivity index is 1.37. The lowest BCUT2D eigenvalue weighted by atomic mass is 9.95. The predicted molar refractivity (Wildman–Crippen MR) is 163 cm³/mol. The summed E-state index contributed by atoms with van der Waals surface area (Å²) in [6.45, 7) is 0. The number of furan rings is 1. The van der Waals surface area contributed by atoms with E-state index in [2.05, 4.69) is 10.2 Å². The summed E-state index contributed by atoms with van der Waals surface area (Å²) in [4.78, 5) is 28.5. The van der Waals surface area contributed by atoms with E-state index < -0.39 is 23.5 Å². The topological polar surface area (TPSA) is 96.5 Å². The summed E-state index contributed by atoms with van der Waals surface area (Å²) in [5, 5.41) is 21.9. The minimum Gasteiger partial charge on any atom is -0.503 e. The number of nitrogens with zero attached hydrogens (tertiary/aromatic N) is 3. The first-order valence-electron chi connectivity index (χ1n) is 11.9. The molecule has 3 aromatic carbocycles. The van der Waals surface area contributed by atoms with Crippen LogP contribution in [0.15, 0.2) is 86.8 Å². The number of aliphatic hydroxyl groups is 1. The van der Waals surface area contributed by atoms with E-state index in [0.717, 1.165) is 16.9 Å². The van der Waals surface area contributed by atoms with E-state index in [1.54, 1.807) is 54.6 Å². The van der Waals surface area contributed by atoms with Crippen molar-refractivity contribution < 1.29 is 19.1 Å². The molecule has 13 heteroatoms. The zero-order valence-corrected chi connectivity index (χ0v) is 25.1. The Kier molecular flexibility index (Phi) is 7.76. The molecule has 0 saturated carbocycles. The average Bonchev–Trinajstić information content (AvgIpc) is 3.66. The van der Waals surface area contributed by atoms with E-state index in [4.69, 9.17) is 50.8 Å². The molecule has 41 heavy (non-hydrogen) atoms. The van der Waals surface area contributed by atoms with Gasteiger partial charge in [0.2, 0.25) is 10.9 Å². The minimum atomic E-state index is -1.07. The number of halogens is 4. The number of amides is 1. The maximum atomic E-state index is 13.8. The van der Waals surface area contributed by atoms with Crippen LogP contribution in [-0.4, -0.2) is 27.0 Å². The molecule has 0 saturated heterocycles. The molecule has 3 heterocycles. The van der Waals surface area contributed by atoms with Gasteiger partial charge in [0.15, 0.2) is 15.9 Å². The molecule has 0 aliphatic carbocycles. The van der Waals surface area contributed by atoms with Crippen molar-refractivity contribution in [1.29, 1.82) is 0 Å². The van der Waals surface area contributed by atoms with Crippen molar-refractivity contribution in [3.05, 3.63) is 115 Å². The summed E-state index contributed by atoms with van der Waals surface area (Å²) in [5.74, 6) is -1.73. The van der Waals surface area contributed by atoms with Gasteiger partial charge in [0.25, 0.3) is 5.91 Å². The van der Waals surface area contributed by atoms with E-state index in [1.807, 2.05) is 12.1 Å². The number of carbonyl (C=O) groups excluding carboxylic acids is 2. The fourth-order valence-corrected chi connectivity index (χ4v) is 7.13. The van der Waals surface area contributed by atoms with Gasteiger partial charge >= 0.3 is 0 Å². The number of hydrogen-bond donors (Lipinski definition) is 1. The Hall–Kier alpha value is -3.05. The number of carbonyl (C=O) groups is 2. The molecular weight excluding hydrogens is 648 g/mol. The number of Topliss-reactive ketones (excluding diaryl/α,β-unsaturated/α-hetero) is 1. The van der Waals surface area contributed by atoms with Gasteiger partial charge in [-0.3, -0.25) is 14.5 Å². The van der Waals surface area contributed by atoms with Crippen LogP contribution < -0.4 is 4.90 Å². The molecular formula is C28H15Cl4N3O4S2. The van der Waals surface area contributed by atoms with E-state index in [9.17, 15) is 14.7 Å². The van der Waals surface area contributed by atoms with Gasteiger partial charge < -0.3 is 9.52 Å². The quantitative estimate of drug-likeness (QED) is 0.106. The van der Waals surface area contributed by atoms with Crippen LogP contribution in [0.1, 0.15) is 27.7 Å². The van der Waals surface area contributed by atoms with Crippen LogP contribution >= 0.6 is 69.5 Å². The van der Waals surface area contributed by atoms with Crippen LogP contribution in [0.2, 0.25) is 20.1 Å². The summed E-state index contributed by atoms with van der Waals surface area (Å²) in [5.41, 5.74) is 1.61. The second kappa shape index (κ2) is 11.3. The van der Waals surface area contributed by atoms with Gasteiger partial charge in [-0.15, -0.1) is 10.2 Å². The van der Waals surface area contributed by atoms with Crippen molar-refractivity contribution in [2.75, 3.05) is 4.90 Å². The van der Waals surface area contributed by atoms with Gasteiger partial charge in [0.1, 0.15) is 5.58 Å². The smallest absolute Gasteiger partial charge is 0.296 e. The number of para-hydroxylation sites is 1. The lowest BCUT2D eigenvalue weighted by molar-refractivity contribution is -0.117. The highest BCUT2D eigenvalue weighted by Crippen LogP contribution is 2.45. The SMILES string of the molecule is O=C(C1=C(O)C(=O)N(c2nnc(SCc3ccc(Cl)cc3Cl)s2)C1c1ccc(Cl)c(Cl)c1)c1cc2ccccc2o1. The summed E-state index contributed by atoms with van der Waals surface area (Å²) in [6, 6.07) is 17.5. The number of ketones is 1. The van der Waals surface area contributed by atoms with Crippen molar-refractivity contribution in [2.45, 2.75) is 16.1 Å². The molecule has 0 fully saturated rings. The zero-order valence-electron chi connectivity index (χ0n) is 20.5. The third-order valence-corrected chi connectivity index (χ3v) is 9.76. The first-order chi connectivity index (χ1) is 19.7. The summed E-state index contributed by atoms with van der Waals surface area (Å²) < 4.78 is 6.31. The molecule has 1 N–H and O–H groups in total. The summed E-state index contributed by atoms with van der Waals surface area (Å²) >= 11 is 27.3. The van der Waals surface area contributed by atoms with Gasteiger partial charge in [-0.2, -0.15) is 0 Å². The summed E-state index contributed by atoms with van der Waals surface area (Å²) in [6.07, 6.45) is 0. The second-order valence-corrected chi connectivity index (χ2v) is 12.7. The Labute approximate surface area is 261 Å². The maximum absolute atomic E-state index is 13.8. The largest absolute Gasteiger partial charge is 0.503 e. The molecule has 5 aromatic rings. The Morgan fingerprint density at radius 1 is 0.976 bits per heavy atom. The molecule has 1 atom stereocenters. The fraction of sp³-hybridized carbons (Fsp3) is 0.0714. The number of anilines is 1. The van der Waals surface area contributed by atoms with Crippen molar-refractivity contribution in [3.8, 4) is 0 Å². The van der Waals surface area contributed by atoms with E-state index in [-0.39, 0.29) is 21.5 Å². The van der Waals surface area contributed by atoms with Crippen molar-refractivity contribution >= 4 is 97.3 Å². The molecule has 0 spiro atoms. The molecule has 2 aromatic heterocycles. The van der Waals surface area contributed by atoms with Crippen LogP contribution in [-0.2, 0) is 10.5 Å². The number of benzene rings is 3. The highest BCUT2D eigenvalue weighted by atomic mass is 35.5. The van der Waals surface area contributed by atoms with E-state index in [0.29, 0.717) is 41.7 Å². The fourth-order valence-electron chi connectivity index (χ4n) is 4.40. The van der Waals surface area contributed by atoms with Gasteiger partial charge in [0.05, 0.1) is 21.7 Å². The Bertz CT molecular complexity index is 1850. The van der Waals surface area contributed by atoms with Gasteiger partial charge in [0, 0.05) is 21.2 Å². The molecule has 1 aliphatic rings. The lowest BCUT2D eigenvalue weighted by Gasteiger charge is -2.24. The number of aromatic nitrogens is 2. The van der Waals surface area contributed by atoms with Crippen molar-refractivity contribution in [1.82, 2.24) is 10.2 Å². The first-order valence-corrected chi connectivity index (χ1v) is 15.2. The standard InChI is InChI=1S/C28H15Cl4N3O4S2/c29-16-7-5-15(18(31)11-16)12-40-28-34-33-27(41-28)35-23(14-6-8-17(30)19(32)9-14)22(25(37)26(35)38)24(36)21-10-13-3-1-2-4-20(13)39-21/h1-11,23,37H,12H2. The lowest BCUT2D eigenvalue weighted by Crippen LogP contribution is -2.31. The van der Waals surface area contributed by atoms with Crippen LogP contribution in [0.25, 0.3) is 11.0 Å². The van der Waals surface area contributed by atoms with Gasteiger partial charge in [-0.1, -0.05) is 99.8 Å². The van der Waals surface area contributed by atoms with Crippen molar-refractivity contribution in [2.24, 2.45) is 0 Å². The molecule has 206 valence electrons.